The van der Waals surface area contributed by atoms with Crippen molar-refractivity contribution in [3.8, 4) is 5.75 Å². The van der Waals surface area contributed by atoms with Gasteiger partial charge in [0.15, 0.2) is 6.61 Å². The quantitative estimate of drug-likeness (QED) is 0.301. The number of para-hydroxylation sites is 1. The fourth-order valence-corrected chi connectivity index (χ4v) is 7.76. The normalized spacial score (nSPS) is 32.1. The van der Waals surface area contributed by atoms with E-state index in [1.54, 1.807) is 18.2 Å². The Balaban J connectivity index is 1.32. The molecule has 0 radical (unpaired) electrons. The molecule has 7 nitrogen and oxygen atoms in total. The molecule has 7 rings (SSSR count). The first-order valence-electron chi connectivity index (χ1n) is 12.7. The zero-order valence-corrected chi connectivity index (χ0v) is 20.2. The van der Waals surface area contributed by atoms with E-state index < -0.39 is 0 Å². The van der Waals surface area contributed by atoms with E-state index in [-0.39, 0.29) is 35.7 Å². The van der Waals surface area contributed by atoms with Gasteiger partial charge in [0, 0.05) is 41.3 Å². The maximum absolute atomic E-state index is 13.8. The number of piperidine rings is 1. The highest BCUT2D eigenvalue weighted by atomic mass is 16.5. The van der Waals surface area contributed by atoms with Gasteiger partial charge in [0.25, 0.3) is 5.91 Å². The minimum atomic E-state index is -0.263. The van der Waals surface area contributed by atoms with Crippen LogP contribution in [0.3, 0.4) is 0 Å². The lowest BCUT2D eigenvalue weighted by Gasteiger charge is -2.53. The SMILES string of the molecule is C/C=C1/C[N+]2(CC(=O)c3ccc4c(c3)NC(=O)CO4)CC[C@]34C(=C(C=O)[C@H]1C[C@H]32)Nc1ccccc14. The molecule has 2 bridgehead atoms. The summed E-state index contributed by atoms with van der Waals surface area (Å²) in [5, 5.41) is 6.46. The van der Waals surface area contributed by atoms with Crippen LogP contribution in [-0.4, -0.2) is 54.7 Å². The van der Waals surface area contributed by atoms with E-state index in [1.807, 2.05) is 13.0 Å². The van der Waals surface area contributed by atoms with Crippen LogP contribution < -0.4 is 15.4 Å². The molecule has 1 spiro atoms. The Kier molecular flexibility index (Phi) is 4.43. The number of allylic oxidation sites excluding steroid dienone is 2. The second-order valence-electron chi connectivity index (χ2n) is 10.7. The van der Waals surface area contributed by atoms with Gasteiger partial charge in [0.2, 0.25) is 5.78 Å². The number of anilines is 2. The van der Waals surface area contributed by atoms with E-state index in [2.05, 4.69) is 34.9 Å². The summed E-state index contributed by atoms with van der Waals surface area (Å²) in [6.45, 7) is 4.07. The van der Waals surface area contributed by atoms with Gasteiger partial charge in [-0.1, -0.05) is 24.3 Å². The number of ether oxygens (including phenoxy) is 1. The molecule has 2 aromatic carbocycles. The summed E-state index contributed by atoms with van der Waals surface area (Å²) in [5.74, 6) is 0.537. The van der Waals surface area contributed by atoms with Crippen LogP contribution >= 0.6 is 0 Å². The molecule has 5 aliphatic rings. The summed E-state index contributed by atoms with van der Waals surface area (Å²) < 4.78 is 6.17. The number of Topliss-reactive ketones (excluding diaryl/α,β-unsaturated/α-hetero) is 1. The van der Waals surface area contributed by atoms with Crippen molar-refractivity contribution in [2.45, 2.75) is 31.2 Å². The maximum Gasteiger partial charge on any atom is 0.262 e. The lowest BCUT2D eigenvalue weighted by atomic mass is 9.61. The predicted molar refractivity (Wildman–Crippen MR) is 135 cm³/mol. The van der Waals surface area contributed by atoms with Crippen LogP contribution in [0.1, 0.15) is 35.7 Å². The summed E-state index contributed by atoms with van der Waals surface area (Å²) in [5.41, 5.74) is 6.39. The molecule has 7 heteroatoms. The standard InChI is InChI=1S/C29H27N3O4/c1-2-17-13-32(14-24(34)18-7-8-25-23(11-18)30-27(35)16-36-25)10-9-29-21-5-3-4-6-22(21)31-28(29)20(15-33)19(17)12-26(29)32/h2-8,11,15,19,26H,9-10,12-14,16H2,1H3,(H-,30,31,33,35)/p+1/b17-2-/t19-,26+,29+,32?/m0/s1. The third kappa shape index (κ3) is 2.69. The Bertz CT molecular complexity index is 1430. The first-order chi connectivity index (χ1) is 17.5. The van der Waals surface area contributed by atoms with Gasteiger partial charge in [-0.05, 0) is 42.3 Å². The molecule has 0 saturated carbocycles. The number of rotatable bonds is 4. The Labute approximate surface area is 209 Å². The number of nitrogens with one attached hydrogen (secondary N) is 2. The third-order valence-corrected chi connectivity index (χ3v) is 9.25. The van der Waals surface area contributed by atoms with Crippen molar-refractivity contribution in [3.63, 3.8) is 0 Å². The number of hydrogen-bond acceptors (Lipinski definition) is 5. The fourth-order valence-electron chi connectivity index (χ4n) is 7.76. The van der Waals surface area contributed by atoms with Crippen molar-refractivity contribution < 1.29 is 23.6 Å². The summed E-state index contributed by atoms with van der Waals surface area (Å²) in [6.07, 6.45) is 4.98. The Morgan fingerprint density at radius 1 is 1.19 bits per heavy atom. The zero-order chi connectivity index (χ0) is 24.7. The first kappa shape index (κ1) is 21.6. The van der Waals surface area contributed by atoms with Crippen LogP contribution in [-0.2, 0) is 15.0 Å². The Morgan fingerprint density at radius 2 is 2.06 bits per heavy atom. The number of carbonyl (C=O) groups excluding carboxylic acids is 3. The summed E-state index contributed by atoms with van der Waals surface area (Å²) >= 11 is 0. The van der Waals surface area contributed by atoms with E-state index >= 15 is 0 Å². The average molecular weight is 483 g/mol. The number of ketones is 1. The lowest BCUT2D eigenvalue weighted by Crippen LogP contribution is -2.64. The van der Waals surface area contributed by atoms with Crippen molar-refractivity contribution in [1.82, 2.24) is 0 Å². The molecular formula is C29H28N3O4+. The molecule has 1 unspecified atom stereocenters. The summed E-state index contributed by atoms with van der Waals surface area (Å²) in [6, 6.07) is 13.9. The molecule has 1 amide bonds. The minimum absolute atomic E-state index is 0.00844. The van der Waals surface area contributed by atoms with E-state index in [4.69, 9.17) is 4.74 Å². The molecular weight excluding hydrogens is 454 g/mol. The van der Waals surface area contributed by atoms with E-state index in [9.17, 15) is 14.4 Å². The van der Waals surface area contributed by atoms with Gasteiger partial charge in [0.05, 0.1) is 17.6 Å². The van der Waals surface area contributed by atoms with Crippen LogP contribution in [0, 0.1) is 5.92 Å². The molecule has 0 aromatic heterocycles. The second kappa shape index (κ2) is 7.40. The zero-order valence-electron chi connectivity index (χ0n) is 20.2. The Hall–Kier alpha value is -3.71. The van der Waals surface area contributed by atoms with Crippen LogP contribution in [0.2, 0.25) is 0 Å². The number of benzene rings is 2. The van der Waals surface area contributed by atoms with Crippen LogP contribution in [0.4, 0.5) is 11.4 Å². The van der Waals surface area contributed by atoms with Crippen molar-refractivity contribution in [2.75, 3.05) is 36.9 Å². The predicted octanol–water partition coefficient (Wildman–Crippen LogP) is 3.59. The molecule has 2 aromatic rings. The van der Waals surface area contributed by atoms with Crippen LogP contribution in [0.5, 0.6) is 5.75 Å². The van der Waals surface area contributed by atoms with Crippen molar-refractivity contribution >= 4 is 29.4 Å². The van der Waals surface area contributed by atoms with E-state index in [0.717, 1.165) is 49.2 Å². The van der Waals surface area contributed by atoms with Gasteiger partial charge >= 0.3 is 0 Å². The number of carbonyl (C=O) groups is 3. The number of quaternary nitrogens is 1. The second-order valence-corrected chi connectivity index (χ2v) is 10.7. The first-order valence-corrected chi connectivity index (χ1v) is 12.7. The van der Waals surface area contributed by atoms with Crippen LogP contribution in [0.15, 0.2) is 65.4 Å². The summed E-state index contributed by atoms with van der Waals surface area (Å²) in [7, 11) is 0. The molecule has 36 heavy (non-hydrogen) atoms. The van der Waals surface area contributed by atoms with Gasteiger partial charge in [-0.25, -0.2) is 0 Å². The number of fused-ring (bicyclic) bond motifs is 3. The number of amides is 1. The smallest absolute Gasteiger partial charge is 0.262 e. The molecule has 1 aliphatic carbocycles. The van der Waals surface area contributed by atoms with Crippen molar-refractivity contribution in [2.24, 2.45) is 5.92 Å². The molecule has 2 N–H and O–H groups in total. The molecule has 4 aliphatic heterocycles. The molecule has 182 valence electrons. The largest absolute Gasteiger partial charge is 0.482 e. The van der Waals surface area contributed by atoms with E-state index in [0.29, 0.717) is 28.0 Å². The van der Waals surface area contributed by atoms with Crippen LogP contribution in [0.25, 0.3) is 0 Å². The lowest BCUT2D eigenvalue weighted by molar-refractivity contribution is -0.934. The highest BCUT2D eigenvalue weighted by Crippen LogP contribution is 2.63. The van der Waals surface area contributed by atoms with Gasteiger partial charge < -0.3 is 19.9 Å². The van der Waals surface area contributed by atoms with Crippen molar-refractivity contribution in [1.29, 1.82) is 0 Å². The molecule has 2 saturated heterocycles. The van der Waals surface area contributed by atoms with Gasteiger partial charge in [0.1, 0.15) is 31.2 Å². The monoisotopic (exact) mass is 482 g/mol. The topological polar surface area (TPSA) is 84.5 Å². The maximum atomic E-state index is 13.8. The highest BCUT2D eigenvalue weighted by Gasteiger charge is 2.68. The number of aldehydes is 1. The van der Waals surface area contributed by atoms with Gasteiger partial charge in [-0.15, -0.1) is 0 Å². The highest BCUT2D eigenvalue weighted by molar-refractivity contribution is 6.01. The summed E-state index contributed by atoms with van der Waals surface area (Å²) in [4.78, 5) is 38.1. The van der Waals surface area contributed by atoms with E-state index in [1.165, 1.54) is 11.1 Å². The fraction of sp³-hybridized carbons (Fsp3) is 0.345. The molecule has 4 atom stereocenters. The molecule has 2 fully saturated rings. The van der Waals surface area contributed by atoms with Gasteiger partial charge in [-0.2, -0.15) is 0 Å². The minimum Gasteiger partial charge on any atom is -0.482 e. The number of hydrogen-bond donors (Lipinski definition) is 2. The van der Waals surface area contributed by atoms with Crippen molar-refractivity contribution in [3.05, 3.63) is 76.5 Å². The average Bonchev–Trinajstić information content (AvgIpc) is 3.42. The van der Waals surface area contributed by atoms with Gasteiger partial charge in [-0.3, -0.25) is 14.4 Å². The Morgan fingerprint density at radius 3 is 2.89 bits per heavy atom. The number of nitrogens with zero attached hydrogens (tertiary/aromatic N) is 1. The third-order valence-electron chi connectivity index (χ3n) is 9.25. The molecule has 4 heterocycles.